The molecule has 0 aromatic heterocycles. The summed E-state index contributed by atoms with van der Waals surface area (Å²) in [5.41, 5.74) is 5.36. The fraction of sp³-hybridized carbons (Fsp3) is 0.250. The minimum absolute atomic E-state index is 0. The predicted molar refractivity (Wildman–Crippen MR) is 91.8 cm³/mol. The maximum absolute atomic E-state index is 12.7. The first-order valence-electron chi connectivity index (χ1n) is 7.16. The molecule has 0 aliphatic heterocycles. The molecule has 0 amide bonds. The first-order chi connectivity index (χ1) is 11.2. The molecule has 2 N–H and O–H groups in total. The van der Waals surface area contributed by atoms with E-state index in [2.05, 4.69) is 0 Å². The van der Waals surface area contributed by atoms with Gasteiger partial charge in [0, 0.05) is 19.6 Å². The molecule has 0 radical (unpaired) electrons. The van der Waals surface area contributed by atoms with Gasteiger partial charge in [-0.1, -0.05) is 30.3 Å². The smallest absolute Gasteiger partial charge is 0.329 e. The van der Waals surface area contributed by atoms with Crippen LogP contribution in [0.15, 0.2) is 59.5 Å². The van der Waals surface area contributed by atoms with Gasteiger partial charge in [0.2, 0.25) is 10.0 Å². The molecular weight excluding hydrogens is 377 g/mol. The van der Waals surface area contributed by atoms with E-state index < -0.39 is 21.8 Å². The van der Waals surface area contributed by atoms with Crippen molar-refractivity contribution < 1.29 is 21.6 Å². The van der Waals surface area contributed by atoms with Crippen molar-refractivity contribution in [2.24, 2.45) is 5.73 Å². The summed E-state index contributed by atoms with van der Waals surface area (Å²) in [5.74, 6) is 0. The predicted octanol–water partition coefficient (Wildman–Crippen LogP) is 3.28. The van der Waals surface area contributed by atoms with E-state index in [1.165, 1.54) is 0 Å². The number of hydrogen-bond donors (Lipinski definition) is 1. The zero-order valence-corrected chi connectivity index (χ0v) is 14.7. The topological polar surface area (TPSA) is 63.4 Å². The monoisotopic (exact) mass is 394 g/mol. The first kappa shape index (κ1) is 21.4. The van der Waals surface area contributed by atoms with Gasteiger partial charge >= 0.3 is 6.18 Å². The largest absolute Gasteiger partial charge is 0.416 e. The summed E-state index contributed by atoms with van der Waals surface area (Å²) >= 11 is 0. The maximum atomic E-state index is 12.7. The summed E-state index contributed by atoms with van der Waals surface area (Å²) in [6, 6.07) is 12.4. The molecule has 2 aromatic rings. The lowest BCUT2D eigenvalue weighted by Crippen LogP contribution is -2.35. The van der Waals surface area contributed by atoms with Gasteiger partial charge in [-0.2, -0.15) is 17.5 Å². The van der Waals surface area contributed by atoms with Gasteiger partial charge in [0.1, 0.15) is 0 Å². The Kier molecular flexibility index (Phi) is 7.43. The molecule has 0 aliphatic carbocycles. The van der Waals surface area contributed by atoms with Crippen molar-refractivity contribution in [2.75, 3.05) is 13.1 Å². The molecule has 0 fully saturated rings. The highest BCUT2D eigenvalue weighted by molar-refractivity contribution is 7.89. The van der Waals surface area contributed by atoms with Crippen molar-refractivity contribution in [3.8, 4) is 0 Å². The van der Waals surface area contributed by atoms with Crippen molar-refractivity contribution in [2.45, 2.75) is 17.6 Å². The second-order valence-electron chi connectivity index (χ2n) is 5.14. The molecule has 0 atom stereocenters. The molecule has 0 heterocycles. The number of nitrogens with zero attached hydrogens (tertiary/aromatic N) is 1. The zero-order valence-electron chi connectivity index (χ0n) is 13.1. The molecule has 0 bridgehead atoms. The molecule has 0 unspecified atom stereocenters. The number of sulfonamides is 1. The molecule has 2 aromatic carbocycles. The zero-order chi connectivity index (χ0) is 17.8. The van der Waals surface area contributed by atoms with E-state index in [9.17, 15) is 21.6 Å². The van der Waals surface area contributed by atoms with E-state index in [-0.39, 0.29) is 36.9 Å². The number of halogens is 4. The Hall–Kier alpha value is -1.61. The van der Waals surface area contributed by atoms with Gasteiger partial charge in [-0.05, 0) is 29.8 Å². The Labute approximate surface area is 150 Å². The number of rotatable bonds is 6. The van der Waals surface area contributed by atoms with Gasteiger partial charge in [0.05, 0.1) is 10.5 Å². The highest BCUT2D eigenvalue weighted by Crippen LogP contribution is 2.30. The first-order valence-corrected chi connectivity index (χ1v) is 8.60. The van der Waals surface area contributed by atoms with Gasteiger partial charge in [0.25, 0.3) is 0 Å². The van der Waals surface area contributed by atoms with Crippen LogP contribution in [0.25, 0.3) is 0 Å². The Morgan fingerprint density at radius 3 is 2.00 bits per heavy atom. The molecular formula is C16H18ClF3N2O2S. The van der Waals surface area contributed by atoms with Gasteiger partial charge < -0.3 is 5.73 Å². The molecule has 0 spiro atoms. The molecule has 0 saturated carbocycles. The normalized spacial score (nSPS) is 12.0. The summed E-state index contributed by atoms with van der Waals surface area (Å²) in [6.07, 6.45) is -4.51. The average Bonchev–Trinajstić information content (AvgIpc) is 2.55. The summed E-state index contributed by atoms with van der Waals surface area (Å²) in [7, 11) is -3.94. The van der Waals surface area contributed by atoms with E-state index in [4.69, 9.17) is 5.73 Å². The Morgan fingerprint density at radius 1 is 0.960 bits per heavy atom. The third kappa shape index (κ3) is 5.43. The SMILES string of the molecule is Cl.NCCN(Cc1ccccc1)S(=O)(=O)c1ccc(C(F)(F)F)cc1. The second kappa shape index (κ2) is 8.66. The Balaban J connectivity index is 0.00000312. The van der Waals surface area contributed by atoms with Crippen LogP contribution in [0.1, 0.15) is 11.1 Å². The van der Waals surface area contributed by atoms with Crippen LogP contribution in [0.2, 0.25) is 0 Å². The lowest BCUT2D eigenvalue weighted by Gasteiger charge is -2.22. The second-order valence-corrected chi connectivity index (χ2v) is 7.07. The molecule has 25 heavy (non-hydrogen) atoms. The number of hydrogen-bond acceptors (Lipinski definition) is 3. The van der Waals surface area contributed by atoms with Gasteiger partial charge in [-0.25, -0.2) is 8.42 Å². The van der Waals surface area contributed by atoms with Gasteiger partial charge in [-0.15, -0.1) is 12.4 Å². The summed E-state index contributed by atoms with van der Waals surface area (Å²) < 4.78 is 64.3. The quantitative estimate of drug-likeness (QED) is 0.817. The number of benzene rings is 2. The van der Waals surface area contributed by atoms with Crippen LogP contribution in [-0.2, 0) is 22.7 Å². The minimum Gasteiger partial charge on any atom is -0.329 e. The lowest BCUT2D eigenvalue weighted by molar-refractivity contribution is -0.137. The van der Waals surface area contributed by atoms with Crippen molar-refractivity contribution in [1.82, 2.24) is 4.31 Å². The minimum atomic E-state index is -4.51. The van der Waals surface area contributed by atoms with Crippen LogP contribution in [0.5, 0.6) is 0 Å². The molecule has 4 nitrogen and oxygen atoms in total. The van der Waals surface area contributed by atoms with Crippen LogP contribution in [0.3, 0.4) is 0 Å². The molecule has 138 valence electrons. The van der Waals surface area contributed by atoms with Gasteiger partial charge in [-0.3, -0.25) is 0 Å². The summed E-state index contributed by atoms with van der Waals surface area (Å²) in [4.78, 5) is -0.195. The third-order valence-corrected chi connectivity index (χ3v) is 5.26. The van der Waals surface area contributed by atoms with E-state index in [0.29, 0.717) is 0 Å². The van der Waals surface area contributed by atoms with E-state index in [0.717, 1.165) is 34.1 Å². The van der Waals surface area contributed by atoms with Crippen molar-refractivity contribution in [1.29, 1.82) is 0 Å². The van der Waals surface area contributed by atoms with Crippen molar-refractivity contribution in [3.05, 3.63) is 65.7 Å². The van der Waals surface area contributed by atoms with Crippen molar-refractivity contribution >= 4 is 22.4 Å². The highest BCUT2D eigenvalue weighted by atomic mass is 35.5. The molecule has 2 rings (SSSR count). The van der Waals surface area contributed by atoms with Crippen LogP contribution in [0, 0.1) is 0 Å². The Bertz CT molecular complexity index is 766. The third-order valence-electron chi connectivity index (χ3n) is 3.40. The lowest BCUT2D eigenvalue weighted by atomic mass is 10.2. The van der Waals surface area contributed by atoms with Crippen LogP contribution < -0.4 is 5.73 Å². The highest BCUT2D eigenvalue weighted by Gasteiger charge is 2.31. The Morgan fingerprint density at radius 2 is 1.52 bits per heavy atom. The summed E-state index contributed by atoms with van der Waals surface area (Å²) in [5, 5.41) is 0. The van der Waals surface area contributed by atoms with Crippen LogP contribution >= 0.6 is 12.4 Å². The van der Waals surface area contributed by atoms with Gasteiger partial charge in [0.15, 0.2) is 0 Å². The summed E-state index contributed by atoms with van der Waals surface area (Å²) in [6.45, 7) is 0.270. The number of alkyl halides is 3. The fourth-order valence-corrected chi connectivity index (χ4v) is 3.62. The van der Waals surface area contributed by atoms with Crippen LogP contribution in [0.4, 0.5) is 13.2 Å². The molecule has 9 heteroatoms. The van der Waals surface area contributed by atoms with Crippen molar-refractivity contribution in [3.63, 3.8) is 0 Å². The maximum Gasteiger partial charge on any atom is 0.416 e. The van der Waals surface area contributed by atoms with E-state index in [1.807, 2.05) is 0 Å². The number of nitrogens with two attached hydrogens (primary N) is 1. The van der Waals surface area contributed by atoms with E-state index >= 15 is 0 Å². The average molecular weight is 395 g/mol. The molecule has 0 saturated heterocycles. The van der Waals surface area contributed by atoms with Crippen LogP contribution in [-0.4, -0.2) is 25.8 Å². The van der Waals surface area contributed by atoms with E-state index in [1.54, 1.807) is 30.3 Å². The standard InChI is InChI=1S/C16H17F3N2O2S.ClH/c17-16(18,19)14-6-8-15(9-7-14)24(22,23)21(11-10-20)12-13-4-2-1-3-5-13;/h1-9H,10-12,20H2;1H. The molecule has 0 aliphatic rings. The fourth-order valence-electron chi connectivity index (χ4n) is 2.18.